The van der Waals surface area contributed by atoms with Crippen LogP contribution in [0.25, 0.3) is 0 Å². The van der Waals surface area contributed by atoms with E-state index in [1.807, 2.05) is 30.3 Å². The van der Waals surface area contributed by atoms with Gasteiger partial charge in [0.15, 0.2) is 5.96 Å². The Morgan fingerprint density at radius 2 is 1.73 bits per heavy atom. The van der Waals surface area contributed by atoms with Gasteiger partial charge in [-0.1, -0.05) is 42.5 Å². The summed E-state index contributed by atoms with van der Waals surface area (Å²) in [7, 11) is 0. The van der Waals surface area contributed by atoms with Crippen LogP contribution in [-0.2, 0) is 25.9 Å². The van der Waals surface area contributed by atoms with Gasteiger partial charge in [0.05, 0.1) is 13.1 Å². The highest BCUT2D eigenvalue weighted by Gasteiger charge is 2.13. The van der Waals surface area contributed by atoms with Gasteiger partial charge in [-0.3, -0.25) is 4.79 Å². The molecule has 3 aromatic rings. The molecule has 0 unspecified atom stereocenters. The van der Waals surface area contributed by atoms with E-state index in [9.17, 15) is 4.79 Å². The minimum atomic E-state index is 0. The average Bonchev–Trinajstić information content (AvgIpc) is 2.75. The fraction of sp³-hybridized carbons (Fsp3) is 0.250. The second-order valence-electron chi connectivity index (χ2n) is 7.46. The number of hydrogen-bond donors (Lipinski definition) is 2. The summed E-state index contributed by atoms with van der Waals surface area (Å²) in [6.07, 6.45) is 6.52. The fourth-order valence-corrected chi connectivity index (χ4v) is 3.79. The van der Waals surface area contributed by atoms with Gasteiger partial charge in [-0.15, -0.1) is 24.0 Å². The highest BCUT2D eigenvalue weighted by molar-refractivity contribution is 14.0. The number of aryl methyl sites for hydroxylation is 1. The topological polar surface area (TPSA) is 72.4 Å². The molecule has 2 aromatic carbocycles. The highest BCUT2D eigenvalue weighted by Crippen LogP contribution is 2.27. The zero-order valence-corrected chi connectivity index (χ0v) is 19.2. The normalized spacial score (nSPS) is 13.3. The van der Waals surface area contributed by atoms with E-state index < -0.39 is 0 Å². The molecule has 1 heterocycles. The monoisotopic (exact) mass is 514 g/mol. The quantitative estimate of drug-likeness (QED) is 0.303. The molecule has 156 valence electrons. The second-order valence-corrected chi connectivity index (χ2v) is 7.46. The van der Waals surface area contributed by atoms with E-state index >= 15 is 0 Å². The van der Waals surface area contributed by atoms with E-state index in [2.05, 4.69) is 28.5 Å². The lowest BCUT2D eigenvalue weighted by atomic mass is 9.90. The van der Waals surface area contributed by atoms with Gasteiger partial charge in [0.2, 0.25) is 0 Å². The molecule has 1 aliphatic rings. The summed E-state index contributed by atoms with van der Waals surface area (Å²) in [5, 5.41) is 3.28. The van der Waals surface area contributed by atoms with Crippen molar-refractivity contribution in [3.8, 4) is 0 Å². The third kappa shape index (κ3) is 5.50. The van der Waals surface area contributed by atoms with E-state index in [4.69, 9.17) is 5.73 Å². The van der Waals surface area contributed by atoms with Crippen LogP contribution < -0.4 is 16.6 Å². The number of benzene rings is 2. The Balaban J connectivity index is 0.00000256. The SMILES string of the molecule is I.NC(=NCc1ccc(Cn2ccccc2=O)cc1)Nc1cccc2c1CCCC2. The lowest BCUT2D eigenvalue weighted by molar-refractivity contribution is 0.687. The minimum absolute atomic E-state index is 0. The molecule has 0 bridgehead atoms. The Kier molecular flexibility index (Phi) is 7.68. The zero-order chi connectivity index (χ0) is 20.1. The summed E-state index contributed by atoms with van der Waals surface area (Å²) >= 11 is 0. The van der Waals surface area contributed by atoms with Crippen molar-refractivity contribution in [3.05, 3.63) is 99.5 Å². The summed E-state index contributed by atoms with van der Waals surface area (Å²) in [4.78, 5) is 16.3. The van der Waals surface area contributed by atoms with Crippen molar-refractivity contribution in [1.29, 1.82) is 0 Å². The Bertz CT molecular complexity index is 1070. The van der Waals surface area contributed by atoms with E-state index in [0.29, 0.717) is 19.0 Å². The molecule has 1 aromatic heterocycles. The molecule has 3 N–H and O–H groups in total. The van der Waals surface area contributed by atoms with Crippen LogP contribution in [0.4, 0.5) is 5.69 Å². The molecule has 5 nitrogen and oxygen atoms in total. The molecule has 0 fully saturated rings. The first kappa shape index (κ1) is 22.1. The third-order valence-corrected chi connectivity index (χ3v) is 5.37. The molecule has 30 heavy (non-hydrogen) atoms. The van der Waals surface area contributed by atoms with Gasteiger partial charge < -0.3 is 15.6 Å². The first-order chi connectivity index (χ1) is 14.2. The van der Waals surface area contributed by atoms with Crippen LogP contribution >= 0.6 is 24.0 Å². The van der Waals surface area contributed by atoms with Crippen LogP contribution in [0.2, 0.25) is 0 Å². The van der Waals surface area contributed by atoms with Crippen LogP contribution in [0.15, 0.2) is 76.6 Å². The molecule has 0 saturated carbocycles. The molecule has 0 spiro atoms. The number of guanidine groups is 1. The predicted octanol–water partition coefficient (Wildman–Crippen LogP) is 4.32. The first-order valence-electron chi connectivity index (χ1n) is 10.1. The summed E-state index contributed by atoms with van der Waals surface area (Å²) < 4.78 is 1.69. The maximum absolute atomic E-state index is 11.8. The van der Waals surface area contributed by atoms with Gasteiger partial charge >= 0.3 is 0 Å². The molecule has 4 rings (SSSR count). The number of halogens is 1. The zero-order valence-electron chi connectivity index (χ0n) is 16.9. The van der Waals surface area contributed by atoms with Gasteiger partial charge in [0.25, 0.3) is 5.56 Å². The number of nitrogens with two attached hydrogens (primary N) is 1. The number of aliphatic imine (C=N–C) groups is 1. The van der Waals surface area contributed by atoms with Crippen LogP contribution in [-0.4, -0.2) is 10.5 Å². The van der Waals surface area contributed by atoms with Crippen LogP contribution in [0.3, 0.4) is 0 Å². The number of rotatable bonds is 5. The lowest BCUT2D eigenvalue weighted by Crippen LogP contribution is -2.24. The van der Waals surface area contributed by atoms with Crippen LogP contribution in [0, 0.1) is 0 Å². The molecular formula is C24H27IN4O. The van der Waals surface area contributed by atoms with Crippen molar-refractivity contribution >= 4 is 35.6 Å². The van der Waals surface area contributed by atoms with Gasteiger partial charge in [-0.05, 0) is 60.1 Å². The van der Waals surface area contributed by atoms with Crippen LogP contribution in [0.1, 0.15) is 35.1 Å². The first-order valence-corrected chi connectivity index (χ1v) is 10.1. The average molecular weight is 514 g/mol. The maximum Gasteiger partial charge on any atom is 0.250 e. The molecule has 0 amide bonds. The molecule has 0 atom stereocenters. The van der Waals surface area contributed by atoms with E-state index in [-0.39, 0.29) is 29.5 Å². The number of fused-ring (bicyclic) bond motifs is 1. The Labute approximate surface area is 194 Å². The minimum Gasteiger partial charge on any atom is -0.370 e. The van der Waals surface area contributed by atoms with Crippen molar-refractivity contribution in [3.63, 3.8) is 0 Å². The summed E-state index contributed by atoms with van der Waals surface area (Å²) in [5.74, 6) is 0.434. The molecular weight excluding hydrogens is 487 g/mol. The Hall–Kier alpha value is -2.61. The van der Waals surface area contributed by atoms with Gasteiger partial charge in [-0.2, -0.15) is 0 Å². The molecule has 0 aliphatic heterocycles. The third-order valence-electron chi connectivity index (χ3n) is 5.37. The van der Waals surface area contributed by atoms with Crippen LogP contribution in [0.5, 0.6) is 0 Å². The van der Waals surface area contributed by atoms with E-state index in [1.54, 1.807) is 22.9 Å². The molecule has 1 aliphatic carbocycles. The summed E-state index contributed by atoms with van der Waals surface area (Å²) in [6, 6.07) is 19.7. The van der Waals surface area contributed by atoms with Crippen molar-refractivity contribution in [2.24, 2.45) is 10.7 Å². The van der Waals surface area contributed by atoms with Crippen molar-refractivity contribution in [1.82, 2.24) is 4.57 Å². The van der Waals surface area contributed by atoms with E-state index in [0.717, 1.165) is 29.7 Å². The van der Waals surface area contributed by atoms with Gasteiger partial charge in [0.1, 0.15) is 0 Å². The fourth-order valence-electron chi connectivity index (χ4n) is 3.79. The summed E-state index contributed by atoms with van der Waals surface area (Å²) in [6.45, 7) is 1.07. The predicted molar refractivity (Wildman–Crippen MR) is 134 cm³/mol. The molecule has 6 heteroatoms. The maximum atomic E-state index is 11.8. The Morgan fingerprint density at radius 1 is 0.967 bits per heavy atom. The van der Waals surface area contributed by atoms with Crippen molar-refractivity contribution < 1.29 is 0 Å². The largest absolute Gasteiger partial charge is 0.370 e. The van der Waals surface area contributed by atoms with Crippen molar-refractivity contribution in [2.45, 2.75) is 38.8 Å². The van der Waals surface area contributed by atoms with E-state index in [1.165, 1.54) is 24.0 Å². The smallest absolute Gasteiger partial charge is 0.250 e. The standard InChI is InChI=1S/C24H26N4O.HI/c25-24(27-22-9-5-7-20-6-1-2-8-21(20)22)26-16-18-11-13-19(14-12-18)17-28-15-4-3-10-23(28)29;/h3-5,7,9-15H,1-2,6,8,16-17H2,(H3,25,26,27);1H. The van der Waals surface area contributed by atoms with Gasteiger partial charge in [-0.25, -0.2) is 4.99 Å². The van der Waals surface area contributed by atoms with Gasteiger partial charge in [0, 0.05) is 18.0 Å². The number of aromatic nitrogens is 1. The van der Waals surface area contributed by atoms with Crippen molar-refractivity contribution in [2.75, 3.05) is 5.32 Å². The number of pyridine rings is 1. The number of nitrogens with zero attached hydrogens (tertiary/aromatic N) is 2. The second kappa shape index (κ2) is 10.4. The Morgan fingerprint density at radius 3 is 2.53 bits per heavy atom. The summed E-state index contributed by atoms with van der Waals surface area (Å²) in [5.41, 5.74) is 12.2. The number of nitrogens with one attached hydrogen (secondary N) is 1. The number of hydrogen-bond acceptors (Lipinski definition) is 2. The highest BCUT2D eigenvalue weighted by atomic mass is 127. The lowest BCUT2D eigenvalue weighted by Gasteiger charge is -2.19. The molecule has 0 saturated heterocycles. The number of anilines is 1. The molecule has 0 radical (unpaired) electrons.